The zero-order valence-corrected chi connectivity index (χ0v) is 13.0. The minimum absolute atomic E-state index is 0.200. The Morgan fingerprint density at radius 3 is 2.59 bits per heavy atom. The summed E-state index contributed by atoms with van der Waals surface area (Å²) in [6.07, 6.45) is 3.02. The maximum absolute atomic E-state index is 12.2. The first-order valence-corrected chi connectivity index (χ1v) is 6.61. The Labute approximate surface area is 128 Å². The maximum Gasteiger partial charge on any atom is 0.273 e. The summed E-state index contributed by atoms with van der Waals surface area (Å²) in [5.74, 6) is -0.0425. The van der Waals surface area contributed by atoms with E-state index in [9.17, 15) is 9.59 Å². The number of ether oxygens (including phenoxy) is 1. The standard InChI is InChI=1S/C15H18N4O3/c1-18(2)15(21)11-7-10(5-6-13(11)22-4)17-14(20)12-8-16-9-19(12)3/h5-9H,1-4H3,(H,17,20). The van der Waals surface area contributed by atoms with Crippen LogP contribution in [0.3, 0.4) is 0 Å². The van der Waals surface area contributed by atoms with E-state index in [1.807, 2.05) is 0 Å². The van der Waals surface area contributed by atoms with Crippen LogP contribution in [0.2, 0.25) is 0 Å². The molecule has 0 spiro atoms. The van der Waals surface area contributed by atoms with Gasteiger partial charge in [0.1, 0.15) is 11.4 Å². The molecule has 0 bridgehead atoms. The Morgan fingerprint density at radius 2 is 2.05 bits per heavy atom. The molecule has 7 heteroatoms. The molecule has 7 nitrogen and oxygen atoms in total. The highest BCUT2D eigenvalue weighted by Gasteiger charge is 2.16. The molecule has 1 aromatic carbocycles. The maximum atomic E-state index is 12.2. The number of hydrogen-bond donors (Lipinski definition) is 1. The van der Waals surface area contributed by atoms with E-state index < -0.39 is 0 Å². The lowest BCUT2D eigenvalue weighted by atomic mass is 10.1. The van der Waals surface area contributed by atoms with Gasteiger partial charge in [-0.2, -0.15) is 0 Å². The fraction of sp³-hybridized carbons (Fsp3) is 0.267. The van der Waals surface area contributed by atoms with Gasteiger partial charge in [-0.05, 0) is 18.2 Å². The third-order valence-electron chi connectivity index (χ3n) is 3.14. The van der Waals surface area contributed by atoms with Crippen LogP contribution in [-0.2, 0) is 7.05 Å². The fourth-order valence-electron chi connectivity index (χ4n) is 1.96. The predicted octanol–water partition coefficient (Wildman–Crippen LogP) is 1.38. The van der Waals surface area contributed by atoms with Crippen LogP contribution in [0.25, 0.3) is 0 Å². The summed E-state index contributed by atoms with van der Waals surface area (Å²) in [6.45, 7) is 0. The molecule has 2 rings (SSSR count). The predicted molar refractivity (Wildman–Crippen MR) is 82.2 cm³/mol. The number of nitrogens with one attached hydrogen (secondary N) is 1. The topological polar surface area (TPSA) is 76.5 Å². The number of benzene rings is 1. The number of rotatable bonds is 4. The van der Waals surface area contributed by atoms with E-state index in [0.29, 0.717) is 22.7 Å². The molecule has 2 amide bonds. The van der Waals surface area contributed by atoms with Gasteiger partial charge in [0.2, 0.25) is 0 Å². The lowest BCUT2D eigenvalue weighted by Gasteiger charge is -2.15. The summed E-state index contributed by atoms with van der Waals surface area (Å²) in [4.78, 5) is 29.7. The monoisotopic (exact) mass is 302 g/mol. The van der Waals surface area contributed by atoms with E-state index in [-0.39, 0.29) is 11.8 Å². The van der Waals surface area contributed by atoms with Crippen molar-refractivity contribution in [2.45, 2.75) is 0 Å². The third-order valence-corrected chi connectivity index (χ3v) is 3.14. The SMILES string of the molecule is COc1ccc(NC(=O)c2cncn2C)cc1C(=O)N(C)C. The summed E-state index contributed by atoms with van der Waals surface area (Å²) < 4.78 is 6.81. The van der Waals surface area contributed by atoms with Gasteiger partial charge in [0, 0.05) is 26.8 Å². The number of aryl methyl sites for hydroxylation is 1. The van der Waals surface area contributed by atoms with E-state index >= 15 is 0 Å². The van der Waals surface area contributed by atoms with Crippen molar-refractivity contribution in [1.29, 1.82) is 0 Å². The molecule has 116 valence electrons. The Hall–Kier alpha value is -2.83. The quantitative estimate of drug-likeness (QED) is 0.925. The van der Waals surface area contributed by atoms with Crippen molar-refractivity contribution in [3.8, 4) is 5.75 Å². The highest BCUT2D eigenvalue weighted by Crippen LogP contribution is 2.24. The van der Waals surface area contributed by atoms with Gasteiger partial charge in [-0.25, -0.2) is 4.98 Å². The number of carbonyl (C=O) groups is 2. The van der Waals surface area contributed by atoms with Gasteiger partial charge >= 0.3 is 0 Å². The number of methoxy groups -OCH3 is 1. The van der Waals surface area contributed by atoms with Gasteiger partial charge in [-0.15, -0.1) is 0 Å². The molecule has 1 heterocycles. The molecule has 0 atom stereocenters. The molecule has 0 aliphatic rings. The van der Waals surface area contributed by atoms with Crippen molar-refractivity contribution in [2.75, 3.05) is 26.5 Å². The van der Waals surface area contributed by atoms with Crippen molar-refractivity contribution >= 4 is 17.5 Å². The zero-order chi connectivity index (χ0) is 16.3. The molecule has 0 aliphatic carbocycles. The number of aromatic nitrogens is 2. The zero-order valence-electron chi connectivity index (χ0n) is 13.0. The number of nitrogens with zero attached hydrogens (tertiary/aromatic N) is 3. The molecule has 0 saturated carbocycles. The average Bonchev–Trinajstić information content (AvgIpc) is 2.92. The van der Waals surface area contributed by atoms with Crippen molar-refractivity contribution in [1.82, 2.24) is 14.5 Å². The summed E-state index contributed by atoms with van der Waals surface area (Å²) in [5.41, 5.74) is 1.32. The van der Waals surface area contributed by atoms with Gasteiger partial charge in [0.15, 0.2) is 0 Å². The normalized spacial score (nSPS) is 10.2. The molecule has 22 heavy (non-hydrogen) atoms. The Kier molecular flexibility index (Phi) is 4.45. The highest BCUT2D eigenvalue weighted by molar-refractivity contribution is 6.04. The fourth-order valence-corrected chi connectivity index (χ4v) is 1.96. The minimum atomic E-state index is -0.298. The second kappa shape index (κ2) is 6.30. The van der Waals surface area contributed by atoms with Crippen LogP contribution in [0.15, 0.2) is 30.7 Å². The first-order chi connectivity index (χ1) is 10.4. The van der Waals surface area contributed by atoms with E-state index in [4.69, 9.17) is 4.74 Å². The van der Waals surface area contributed by atoms with E-state index in [0.717, 1.165) is 0 Å². The van der Waals surface area contributed by atoms with Crippen molar-refractivity contribution < 1.29 is 14.3 Å². The first-order valence-electron chi connectivity index (χ1n) is 6.61. The van der Waals surface area contributed by atoms with E-state index in [1.165, 1.54) is 18.2 Å². The van der Waals surface area contributed by atoms with Crippen molar-refractivity contribution in [3.05, 3.63) is 42.0 Å². The van der Waals surface area contributed by atoms with E-state index in [2.05, 4.69) is 10.3 Å². The minimum Gasteiger partial charge on any atom is -0.496 e. The average molecular weight is 302 g/mol. The molecule has 0 aliphatic heterocycles. The summed E-state index contributed by atoms with van der Waals surface area (Å²) >= 11 is 0. The van der Waals surface area contributed by atoms with Crippen LogP contribution >= 0.6 is 0 Å². The molecule has 0 radical (unpaired) electrons. The Morgan fingerprint density at radius 1 is 1.32 bits per heavy atom. The number of carbonyl (C=O) groups excluding carboxylic acids is 2. The lowest BCUT2D eigenvalue weighted by molar-refractivity contribution is 0.0824. The molecule has 2 aromatic rings. The summed E-state index contributed by atoms with van der Waals surface area (Å²) in [7, 11) is 6.54. The molecule has 0 fully saturated rings. The summed E-state index contributed by atoms with van der Waals surface area (Å²) in [5, 5.41) is 2.74. The second-order valence-electron chi connectivity index (χ2n) is 4.96. The van der Waals surface area contributed by atoms with Crippen LogP contribution in [0, 0.1) is 0 Å². The highest BCUT2D eigenvalue weighted by atomic mass is 16.5. The Bertz CT molecular complexity index is 707. The van der Waals surface area contributed by atoms with Crippen LogP contribution in [0.4, 0.5) is 5.69 Å². The third kappa shape index (κ3) is 3.08. The van der Waals surface area contributed by atoms with Gasteiger partial charge in [-0.1, -0.05) is 0 Å². The largest absolute Gasteiger partial charge is 0.496 e. The van der Waals surface area contributed by atoms with Crippen molar-refractivity contribution in [2.24, 2.45) is 7.05 Å². The molecular formula is C15H18N4O3. The van der Waals surface area contributed by atoms with Crippen LogP contribution < -0.4 is 10.1 Å². The van der Waals surface area contributed by atoms with Gasteiger partial charge in [0.25, 0.3) is 11.8 Å². The first kappa shape index (κ1) is 15.6. The lowest BCUT2D eigenvalue weighted by Crippen LogP contribution is -2.23. The number of amides is 2. The van der Waals surface area contributed by atoms with Crippen LogP contribution in [0.1, 0.15) is 20.8 Å². The van der Waals surface area contributed by atoms with E-state index in [1.54, 1.807) is 50.2 Å². The van der Waals surface area contributed by atoms with Gasteiger partial charge in [-0.3, -0.25) is 9.59 Å². The van der Waals surface area contributed by atoms with Gasteiger partial charge in [0.05, 0.1) is 25.2 Å². The molecule has 1 aromatic heterocycles. The summed E-state index contributed by atoms with van der Waals surface area (Å²) in [6, 6.07) is 4.92. The molecule has 1 N–H and O–H groups in total. The van der Waals surface area contributed by atoms with Crippen LogP contribution in [-0.4, -0.2) is 47.5 Å². The molecular weight excluding hydrogens is 284 g/mol. The van der Waals surface area contributed by atoms with Crippen LogP contribution in [0.5, 0.6) is 5.75 Å². The smallest absolute Gasteiger partial charge is 0.273 e. The van der Waals surface area contributed by atoms with Crippen molar-refractivity contribution in [3.63, 3.8) is 0 Å². The number of hydrogen-bond acceptors (Lipinski definition) is 4. The molecule has 0 saturated heterocycles. The number of anilines is 1. The number of imidazole rings is 1. The second-order valence-corrected chi connectivity index (χ2v) is 4.96. The Balaban J connectivity index is 2.29. The molecule has 0 unspecified atom stereocenters. The van der Waals surface area contributed by atoms with Gasteiger partial charge < -0.3 is 19.5 Å².